The van der Waals surface area contributed by atoms with Gasteiger partial charge in [0.05, 0.1) is 51.8 Å². The van der Waals surface area contributed by atoms with Crippen LogP contribution in [0.2, 0.25) is 0 Å². The van der Waals surface area contributed by atoms with Gasteiger partial charge in [-0.3, -0.25) is 19.2 Å². The molecule has 0 N–H and O–H groups in total. The predicted octanol–water partition coefficient (Wildman–Crippen LogP) is 5.02. The first-order valence-corrected chi connectivity index (χ1v) is 17.2. The Kier molecular flexibility index (Phi) is 11.2. The normalized spacial score (nSPS) is 14.7. The van der Waals surface area contributed by atoms with Crippen molar-refractivity contribution >= 4 is 35.8 Å². The molecule has 12 heteroatoms. The van der Waals surface area contributed by atoms with Gasteiger partial charge in [-0.25, -0.2) is 9.59 Å². The molecule has 0 bridgehead atoms. The second-order valence-corrected chi connectivity index (χ2v) is 12.6. The number of benzene rings is 3. The van der Waals surface area contributed by atoms with Crippen LogP contribution in [0.4, 0.5) is 0 Å². The highest BCUT2D eigenvalue weighted by atomic mass is 16.6. The third-order valence-electron chi connectivity index (χ3n) is 9.64. The molecule has 0 aromatic heterocycles. The molecule has 0 saturated carbocycles. The van der Waals surface area contributed by atoms with Gasteiger partial charge in [0, 0.05) is 0 Å². The van der Waals surface area contributed by atoms with Gasteiger partial charge < -0.3 is 28.4 Å². The van der Waals surface area contributed by atoms with Crippen molar-refractivity contribution in [2.75, 3.05) is 40.6 Å². The van der Waals surface area contributed by atoms with Gasteiger partial charge in [0.1, 0.15) is 0 Å². The monoisotopic (exact) mass is 714 g/mol. The first kappa shape index (κ1) is 37.7. The van der Waals surface area contributed by atoms with Gasteiger partial charge in [-0.2, -0.15) is 0 Å². The van der Waals surface area contributed by atoms with Crippen LogP contribution in [0.15, 0.2) is 48.5 Å². The molecule has 0 spiro atoms. The number of esters is 6. The van der Waals surface area contributed by atoms with E-state index in [0.717, 1.165) is 11.1 Å². The molecule has 0 radical (unpaired) electrons. The van der Waals surface area contributed by atoms with Crippen LogP contribution in [0, 0.1) is 10.8 Å². The van der Waals surface area contributed by atoms with Crippen LogP contribution in [-0.2, 0) is 73.3 Å². The fraction of sp³-hybridized carbons (Fsp3) is 0.400. The van der Waals surface area contributed by atoms with E-state index in [2.05, 4.69) is 0 Å². The molecule has 0 fully saturated rings. The summed E-state index contributed by atoms with van der Waals surface area (Å²) in [6.07, 6.45) is 0.222. The standard InChI is InChI=1S/C40H42O12/c1-7-49-35(43)39(36(44)50-8-2)19-25-13-11-23(15-27(25)21-39)29-17-32(34(42)48-6)30(18-31(29)33(41)47-5)24-12-14-26-20-40(22-28(26)16-24,37(45)51-9-3)38(46)52-10-4/h11-18H,7-10,19-22H2,1-6H3. The summed E-state index contributed by atoms with van der Waals surface area (Å²) in [4.78, 5) is 79.4. The Morgan fingerprint density at radius 1 is 0.481 bits per heavy atom. The minimum atomic E-state index is -1.55. The average Bonchev–Trinajstić information content (AvgIpc) is 3.74. The Labute approximate surface area is 301 Å². The van der Waals surface area contributed by atoms with E-state index < -0.39 is 46.6 Å². The van der Waals surface area contributed by atoms with Gasteiger partial charge >= 0.3 is 35.8 Å². The van der Waals surface area contributed by atoms with Crippen LogP contribution in [-0.4, -0.2) is 76.5 Å². The molecule has 2 aliphatic carbocycles. The molecule has 3 aromatic rings. The molecule has 0 unspecified atom stereocenters. The topological polar surface area (TPSA) is 158 Å². The third-order valence-corrected chi connectivity index (χ3v) is 9.64. The first-order chi connectivity index (χ1) is 24.9. The quantitative estimate of drug-likeness (QED) is 0.140. The second-order valence-electron chi connectivity index (χ2n) is 12.6. The van der Waals surface area contributed by atoms with E-state index >= 15 is 0 Å². The molecular weight excluding hydrogens is 672 g/mol. The largest absolute Gasteiger partial charge is 0.465 e. The summed E-state index contributed by atoms with van der Waals surface area (Å²) in [5.74, 6) is -4.04. The predicted molar refractivity (Wildman–Crippen MR) is 186 cm³/mol. The van der Waals surface area contributed by atoms with Gasteiger partial charge in [0.25, 0.3) is 0 Å². The van der Waals surface area contributed by atoms with Gasteiger partial charge in [0.15, 0.2) is 10.8 Å². The summed E-state index contributed by atoms with van der Waals surface area (Å²) in [5.41, 5.74) is 1.80. The summed E-state index contributed by atoms with van der Waals surface area (Å²) < 4.78 is 31.6. The van der Waals surface area contributed by atoms with Crippen molar-refractivity contribution in [3.8, 4) is 22.3 Å². The van der Waals surface area contributed by atoms with Crippen molar-refractivity contribution in [2.45, 2.75) is 53.4 Å². The zero-order valence-electron chi connectivity index (χ0n) is 30.2. The number of carbonyl (C=O) groups excluding carboxylic acids is 6. The van der Waals surface area contributed by atoms with Crippen LogP contribution >= 0.6 is 0 Å². The molecule has 0 aliphatic heterocycles. The molecule has 2 aliphatic rings. The molecule has 274 valence electrons. The number of fused-ring (bicyclic) bond motifs is 2. The fourth-order valence-corrected chi connectivity index (χ4v) is 7.14. The number of rotatable bonds is 12. The van der Waals surface area contributed by atoms with Crippen LogP contribution in [0.1, 0.15) is 70.7 Å². The maximum Gasteiger partial charge on any atom is 0.338 e. The van der Waals surface area contributed by atoms with Crippen LogP contribution in [0.5, 0.6) is 0 Å². The molecule has 0 atom stereocenters. The minimum Gasteiger partial charge on any atom is -0.465 e. The van der Waals surface area contributed by atoms with E-state index in [9.17, 15) is 28.8 Å². The molecular formula is C40H42O12. The zero-order chi connectivity index (χ0) is 37.8. The first-order valence-electron chi connectivity index (χ1n) is 17.2. The fourth-order valence-electron chi connectivity index (χ4n) is 7.14. The van der Waals surface area contributed by atoms with Crippen molar-refractivity contribution < 1.29 is 57.2 Å². The average molecular weight is 715 g/mol. The molecule has 0 heterocycles. The van der Waals surface area contributed by atoms with Gasteiger partial charge in [-0.15, -0.1) is 0 Å². The lowest BCUT2D eigenvalue weighted by Gasteiger charge is -2.24. The summed E-state index contributed by atoms with van der Waals surface area (Å²) in [6.45, 7) is 7.02. The van der Waals surface area contributed by atoms with E-state index in [0.29, 0.717) is 33.4 Å². The minimum absolute atomic E-state index is 0.0254. The number of hydrogen-bond acceptors (Lipinski definition) is 12. The van der Waals surface area contributed by atoms with Crippen LogP contribution < -0.4 is 0 Å². The zero-order valence-corrected chi connectivity index (χ0v) is 30.2. The van der Waals surface area contributed by atoms with Crippen molar-refractivity contribution in [3.63, 3.8) is 0 Å². The Hall–Kier alpha value is -5.52. The van der Waals surface area contributed by atoms with Gasteiger partial charge in [0.2, 0.25) is 0 Å². The third kappa shape index (κ3) is 6.65. The smallest absolute Gasteiger partial charge is 0.338 e. The number of carbonyl (C=O) groups is 6. The highest BCUT2D eigenvalue weighted by Gasteiger charge is 2.54. The maximum atomic E-state index is 13.4. The Balaban J connectivity index is 1.61. The van der Waals surface area contributed by atoms with Crippen molar-refractivity contribution in [2.24, 2.45) is 10.8 Å². The highest BCUT2D eigenvalue weighted by Crippen LogP contribution is 2.44. The number of ether oxygens (including phenoxy) is 6. The molecule has 12 nitrogen and oxygen atoms in total. The lowest BCUT2D eigenvalue weighted by Crippen LogP contribution is -2.43. The lowest BCUT2D eigenvalue weighted by molar-refractivity contribution is -0.173. The van der Waals surface area contributed by atoms with E-state index in [1.54, 1.807) is 76.2 Å². The lowest BCUT2D eigenvalue weighted by atomic mass is 9.84. The van der Waals surface area contributed by atoms with E-state index in [1.165, 1.54) is 14.2 Å². The highest BCUT2D eigenvalue weighted by molar-refractivity contribution is 6.06. The summed E-state index contributed by atoms with van der Waals surface area (Å²) >= 11 is 0. The molecule has 52 heavy (non-hydrogen) atoms. The number of methoxy groups -OCH3 is 2. The summed E-state index contributed by atoms with van der Waals surface area (Å²) in [5, 5.41) is 0. The van der Waals surface area contributed by atoms with E-state index in [1.807, 2.05) is 0 Å². The molecule has 0 saturated heterocycles. The van der Waals surface area contributed by atoms with Crippen LogP contribution in [0.25, 0.3) is 22.3 Å². The SMILES string of the molecule is CCOC(=O)C1(C(=O)OCC)Cc2ccc(-c3cc(C(=O)OC)c(-c4ccc5c(c4)CC(C(=O)OCC)(C(=O)OCC)C5)cc3C(=O)OC)cc2C1. The molecule has 0 amide bonds. The van der Waals surface area contributed by atoms with Gasteiger partial charge in [-0.1, -0.05) is 36.4 Å². The van der Waals surface area contributed by atoms with Crippen LogP contribution in [0.3, 0.4) is 0 Å². The van der Waals surface area contributed by atoms with Crippen molar-refractivity contribution in [3.05, 3.63) is 81.9 Å². The molecule has 3 aromatic carbocycles. The maximum absolute atomic E-state index is 13.4. The van der Waals surface area contributed by atoms with E-state index in [-0.39, 0.29) is 63.2 Å². The number of hydrogen-bond donors (Lipinski definition) is 0. The van der Waals surface area contributed by atoms with Crippen molar-refractivity contribution in [1.29, 1.82) is 0 Å². The Morgan fingerprint density at radius 2 is 0.788 bits per heavy atom. The summed E-state index contributed by atoms with van der Waals surface area (Å²) in [6, 6.07) is 13.7. The summed E-state index contributed by atoms with van der Waals surface area (Å²) in [7, 11) is 2.49. The van der Waals surface area contributed by atoms with E-state index in [4.69, 9.17) is 28.4 Å². The van der Waals surface area contributed by atoms with Gasteiger partial charge in [-0.05, 0) is 110 Å². The second kappa shape index (κ2) is 15.4. The Bertz CT molecular complexity index is 1770. The Morgan fingerprint density at radius 3 is 1.08 bits per heavy atom. The van der Waals surface area contributed by atoms with Crippen molar-refractivity contribution in [1.82, 2.24) is 0 Å². The molecule has 5 rings (SSSR count).